The number of likely N-dealkylation sites (tertiary alicyclic amines) is 1. The maximum atomic E-state index is 11.6. The highest BCUT2D eigenvalue weighted by atomic mass is 16.3. The Morgan fingerprint density at radius 1 is 1.24 bits per heavy atom. The highest BCUT2D eigenvalue weighted by molar-refractivity contribution is 6.05. The summed E-state index contributed by atoms with van der Waals surface area (Å²) in [7, 11) is 0. The van der Waals surface area contributed by atoms with Gasteiger partial charge in [-0.2, -0.15) is 0 Å². The molecule has 4 nitrogen and oxygen atoms in total. The molecule has 1 aliphatic rings. The van der Waals surface area contributed by atoms with Crippen molar-refractivity contribution in [2.75, 3.05) is 13.2 Å². The fourth-order valence-electron chi connectivity index (χ4n) is 2.10. The minimum atomic E-state index is -0.295. The van der Waals surface area contributed by atoms with Crippen LogP contribution in [-0.2, 0) is 16.0 Å². The smallest absolute Gasteiger partial charge is 0.230 e. The molecule has 0 aliphatic carbocycles. The van der Waals surface area contributed by atoms with Gasteiger partial charge in [0.2, 0.25) is 5.91 Å². The first-order valence-electron chi connectivity index (χ1n) is 5.66. The van der Waals surface area contributed by atoms with Crippen molar-refractivity contribution >= 4 is 11.7 Å². The number of carbonyl (C=O) groups excluding carboxylic acids is 2. The summed E-state index contributed by atoms with van der Waals surface area (Å²) in [5.41, 5.74) is 1.05. The number of ketones is 1. The summed E-state index contributed by atoms with van der Waals surface area (Å²) in [4.78, 5) is 24.2. The number of carbonyl (C=O) groups is 2. The second kappa shape index (κ2) is 5.10. The quantitative estimate of drug-likeness (QED) is 0.765. The molecule has 1 amide bonds. The molecule has 0 spiro atoms. The number of rotatable bonds is 4. The van der Waals surface area contributed by atoms with Crippen LogP contribution in [0.1, 0.15) is 12.0 Å². The van der Waals surface area contributed by atoms with Gasteiger partial charge in [-0.3, -0.25) is 9.59 Å². The molecule has 1 heterocycles. The summed E-state index contributed by atoms with van der Waals surface area (Å²) in [5.74, 6) is -0.244. The molecular weight excluding hydrogens is 218 g/mol. The lowest BCUT2D eigenvalue weighted by Crippen LogP contribution is -2.40. The van der Waals surface area contributed by atoms with E-state index in [-0.39, 0.29) is 37.3 Å². The molecule has 1 aromatic rings. The fraction of sp³-hybridized carbons (Fsp3) is 0.385. The maximum Gasteiger partial charge on any atom is 0.230 e. The molecule has 17 heavy (non-hydrogen) atoms. The Morgan fingerprint density at radius 2 is 1.94 bits per heavy atom. The van der Waals surface area contributed by atoms with Crippen LogP contribution in [-0.4, -0.2) is 40.9 Å². The van der Waals surface area contributed by atoms with E-state index in [1.54, 1.807) is 0 Å². The molecule has 0 radical (unpaired) electrons. The van der Waals surface area contributed by atoms with Crippen LogP contribution in [0.2, 0.25) is 0 Å². The van der Waals surface area contributed by atoms with Gasteiger partial charge in [-0.1, -0.05) is 30.3 Å². The first kappa shape index (κ1) is 11.8. The number of aliphatic hydroxyl groups excluding tert-OH is 1. The predicted molar refractivity (Wildman–Crippen MR) is 62.4 cm³/mol. The lowest BCUT2D eigenvalue weighted by Gasteiger charge is -2.25. The molecule has 1 fully saturated rings. The van der Waals surface area contributed by atoms with Gasteiger partial charge in [0.15, 0.2) is 5.78 Å². The van der Waals surface area contributed by atoms with Crippen LogP contribution >= 0.6 is 0 Å². The van der Waals surface area contributed by atoms with Crippen LogP contribution in [0, 0.1) is 0 Å². The van der Waals surface area contributed by atoms with Gasteiger partial charge in [0.1, 0.15) is 0 Å². The number of Topliss-reactive ketones (excluding diaryl/α,β-unsaturated/α-hetero) is 1. The normalized spacial score (nSPS) is 17.6. The van der Waals surface area contributed by atoms with E-state index < -0.39 is 0 Å². The van der Waals surface area contributed by atoms with Gasteiger partial charge in [0.05, 0.1) is 25.6 Å². The van der Waals surface area contributed by atoms with Crippen LogP contribution in [0.3, 0.4) is 0 Å². The highest BCUT2D eigenvalue weighted by Crippen LogP contribution is 2.15. The van der Waals surface area contributed by atoms with Gasteiger partial charge >= 0.3 is 0 Å². The third-order valence-electron chi connectivity index (χ3n) is 2.98. The van der Waals surface area contributed by atoms with E-state index >= 15 is 0 Å². The summed E-state index contributed by atoms with van der Waals surface area (Å²) in [6, 6.07) is 9.36. The van der Waals surface area contributed by atoms with Gasteiger partial charge in [-0.15, -0.1) is 0 Å². The average Bonchev–Trinajstić information content (AvgIpc) is 2.67. The van der Waals surface area contributed by atoms with Gasteiger partial charge in [0, 0.05) is 0 Å². The summed E-state index contributed by atoms with van der Waals surface area (Å²) in [5, 5.41) is 9.35. The van der Waals surface area contributed by atoms with Crippen molar-refractivity contribution in [3.05, 3.63) is 35.9 Å². The summed E-state index contributed by atoms with van der Waals surface area (Å²) < 4.78 is 0. The van der Waals surface area contributed by atoms with E-state index in [2.05, 4.69) is 0 Å². The van der Waals surface area contributed by atoms with Crippen LogP contribution in [0.25, 0.3) is 0 Å². The SMILES string of the molecule is O=C1CC(=O)N([C@H](CO)Cc2ccccc2)C1. The molecule has 2 rings (SSSR count). The van der Waals surface area contributed by atoms with Crippen molar-refractivity contribution in [1.82, 2.24) is 4.90 Å². The molecule has 1 saturated heterocycles. The molecule has 1 N–H and O–H groups in total. The summed E-state index contributed by atoms with van der Waals surface area (Å²) >= 11 is 0. The third kappa shape index (κ3) is 2.71. The van der Waals surface area contributed by atoms with Crippen molar-refractivity contribution in [2.24, 2.45) is 0 Å². The molecule has 1 atom stereocenters. The van der Waals surface area contributed by atoms with Gasteiger partial charge in [-0.25, -0.2) is 0 Å². The Bertz CT molecular complexity index is 416. The number of hydrogen-bond donors (Lipinski definition) is 1. The largest absolute Gasteiger partial charge is 0.394 e. The first-order chi connectivity index (χ1) is 8.20. The van der Waals surface area contributed by atoms with E-state index in [0.29, 0.717) is 6.42 Å². The average molecular weight is 233 g/mol. The second-order valence-corrected chi connectivity index (χ2v) is 4.26. The van der Waals surface area contributed by atoms with Crippen molar-refractivity contribution in [2.45, 2.75) is 18.9 Å². The first-order valence-corrected chi connectivity index (χ1v) is 5.66. The van der Waals surface area contributed by atoms with Gasteiger partial charge in [0.25, 0.3) is 0 Å². The molecule has 1 aromatic carbocycles. The van der Waals surface area contributed by atoms with Gasteiger partial charge < -0.3 is 10.0 Å². The fourth-order valence-corrected chi connectivity index (χ4v) is 2.10. The second-order valence-electron chi connectivity index (χ2n) is 4.26. The Labute approximate surface area is 99.9 Å². The number of nitrogens with zero attached hydrogens (tertiary/aromatic N) is 1. The molecule has 0 unspecified atom stereocenters. The van der Waals surface area contributed by atoms with Crippen LogP contribution in [0.15, 0.2) is 30.3 Å². The van der Waals surface area contributed by atoms with Crippen LogP contribution in [0.5, 0.6) is 0 Å². The Morgan fingerprint density at radius 3 is 2.47 bits per heavy atom. The lowest BCUT2D eigenvalue weighted by molar-refractivity contribution is -0.130. The topological polar surface area (TPSA) is 57.6 Å². The molecule has 0 bridgehead atoms. The summed E-state index contributed by atoms with van der Waals surface area (Å²) in [6.45, 7) is 0.0187. The number of aliphatic hydroxyl groups is 1. The van der Waals surface area contributed by atoms with E-state index in [1.165, 1.54) is 4.90 Å². The van der Waals surface area contributed by atoms with Gasteiger partial charge in [-0.05, 0) is 12.0 Å². The Balaban J connectivity index is 2.07. The van der Waals surface area contributed by atoms with E-state index in [4.69, 9.17) is 0 Å². The molecule has 4 heteroatoms. The minimum absolute atomic E-state index is 0.0225. The zero-order valence-corrected chi connectivity index (χ0v) is 9.50. The predicted octanol–water partition coefficient (Wildman–Crippen LogP) is 0.391. The van der Waals surface area contributed by atoms with Crippen molar-refractivity contribution < 1.29 is 14.7 Å². The van der Waals surface area contributed by atoms with Crippen LogP contribution in [0.4, 0.5) is 0 Å². The molecular formula is C13H15NO3. The number of benzene rings is 1. The highest BCUT2D eigenvalue weighted by Gasteiger charge is 2.32. The maximum absolute atomic E-state index is 11.6. The zero-order valence-electron chi connectivity index (χ0n) is 9.50. The summed E-state index contributed by atoms with van der Waals surface area (Å²) in [6.07, 6.45) is 0.557. The molecule has 0 aromatic heterocycles. The standard InChI is InChI=1S/C13H15NO3/c15-9-11(6-10-4-2-1-3-5-10)14-8-12(16)7-13(14)17/h1-5,11,15H,6-9H2/t11-/m0/s1. The van der Waals surface area contributed by atoms with Crippen molar-refractivity contribution in [1.29, 1.82) is 0 Å². The number of hydrogen-bond acceptors (Lipinski definition) is 3. The lowest BCUT2D eigenvalue weighted by atomic mass is 10.1. The molecule has 1 aliphatic heterocycles. The van der Waals surface area contributed by atoms with E-state index in [1.807, 2.05) is 30.3 Å². The molecule has 90 valence electrons. The van der Waals surface area contributed by atoms with Crippen LogP contribution < -0.4 is 0 Å². The third-order valence-corrected chi connectivity index (χ3v) is 2.98. The van der Waals surface area contributed by atoms with E-state index in [0.717, 1.165) is 5.56 Å². The molecule has 0 saturated carbocycles. The van der Waals surface area contributed by atoms with Crippen molar-refractivity contribution in [3.8, 4) is 0 Å². The van der Waals surface area contributed by atoms with Crippen molar-refractivity contribution in [3.63, 3.8) is 0 Å². The monoisotopic (exact) mass is 233 g/mol. The zero-order chi connectivity index (χ0) is 12.3. The minimum Gasteiger partial charge on any atom is -0.394 e. The Hall–Kier alpha value is -1.68. The van der Waals surface area contributed by atoms with E-state index in [9.17, 15) is 14.7 Å². The Kier molecular flexibility index (Phi) is 3.54. The number of amides is 1.